The fraction of sp³-hybridized carbons (Fsp3) is 0.500. The minimum atomic E-state index is -0.268. The number of nitrogens with one attached hydrogen (secondary N) is 1. The Bertz CT molecular complexity index is 464. The average molecular weight is 277 g/mol. The molecular formula is C14H19N3O3. The molecule has 1 aromatic heterocycles. The van der Waals surface area contributed by atoms with Crippen molar-refractivity contribution >= 4 is 11.8 Å². The quantitative estimate of drug-likeness (QED) is 0.806. The summed E-state index contributed by atoms with van der Waals surface area (Å²) in [6.07, 6.45) is 3.68. The molecule has 0 radical (unpaired) electrons. The first-order valence-corrected chi connectivity index (χ1v) is 6.64. The molecule has 0 saturated carbocycles. The Morgan fingerprint density at radius 3 is 3.15 bits per heavy atom. The van der Waals surface area contributed by atoms with Gasteiger partial charge in [0.25, 0.3) is 0 Å². The summed E-state index contributed by atoms with van der Waals surface area (Å²) in [5, 5.41) is 2.85. The Morgan fingerprint density at radius 1 is 1.60 bits per heavy atom. The fourth-order valence-corrected chi connectivity index (χ4v) is 2.20. The molecule has 2 heterocycles. The molecule has 6 nitrogen and oxygen atoms in total. The van der Waals surface area contributed by atoms with E-state index in [2.05, 4.69) is 10.3 Å². The van der Waals surface area contributed by atoms with Crippen LogP contribution in [0, 0.1) is 5.92 Å². The molecule has 0 aromatic carbocycles. The molecule has 1 atom stereocenters. The molecule has 1 fully saturated rings. The predicted molar refractivity (Wildman–Crippen MR) is 72.6 cm³/mol. The van der Waals surface area contributed by atoms with Crippen molar-refractivity contribution in [1.29, 1.82) is 0 Å². The number of nitrogens with zero attached hydrogens (tertiary/aromatic N) is 2. The Hall–Kier alpha value is -1.95. The highest BCUT2D eigenvalue weighted by Gasteiger charge is 2.33. The summed E-state index contributed by atoms with van der Waals surface area (Å²) in [4.78, 5) is 29.5. The molecule has 1 aliphatic rings. The molecule has 1 aliphatic heterocycles. The molecule has 2 amide bonds. The van der Waals surface area contributed by atoms with Gasteiger partial charge in [0.1, 0.15) is 0 Å². The summed E-state index contributed by atoms with van der Waals surface area (Å²) in [5.74, 6) is -0.332. The fourth-order valence-electron chi connectivity index (χ4n) is 2.20. The number of methoxy groups -OCH3 is 1. The highest BCUT2D eigenvalue weighted by molar-refractivity contribution is 5.89. The van der Waals surface area contributed by atoms with Gasteiger partial charge in [0.15, 0.2) is 0 Å². The Balaban J connectivity index is 1.80. The molecule has 2 rings (SSSR count). The molecule has 0 aliphatic carbocycles. The third-order valence-corrected chi connectivity index (χ3v) is 3.34. The van der Waals surface area contributed by atoms with Crippen LogP contribution in [0.4, 0.5) is 0 Å². The van der Waals surface area contributed by atoms with Crippen LogP contribution >= 0.6 is 0 Å². The van der Waals surface area contributed by atoms with Gasteiger partial charge in [-0.2, -0.15) is 0 Å². The summed E-state index contributed by atoms with van der Waals surface area (Å²) in [6, 6.07) is 3.73. The maximum Gasteiger partial charge on any atom is 0.225 e. The van der Waals surface area contributed by atoms with Crippen LogP contribution in [0.25, 0.3) is 0 Å². The van der Waals surface area contributed by atoms with Crippen LogP contribution in [0.15, 0.2) is 24.5 Å². The molecule has 1 saturated heterocycles. The maximum absolute atomic E-state index is 12.0. The lowest BCUT2D eigenvalue weighted by Gasteiger charge is -2.15. The molecule has 1 aromatic rings. The van der Waals surface area contributed by atoms with Crippen molar-refractivity contribution in [3.63, 3.8) is 0 Å². The second-order valence-corrected chi connectivity index (χ2v) is 4.81. The standard InChI is InChI=1S/C14H19N3O3/c1-20-6-5-17-10-12(7-13(17)18)14(19)16-9-11-3-2-4-15-8-11/h2-4,8,12H,5-7,9-10H2,1H3,(H,16,19). The van der Waals surface area contributed by atoms with Gasteiger partial charge in [0.2, 0.25) is 11.8 Å². The Kier molecular flexibility index (Phi) is 5.06. The van der Waals surface area contributed by atoms with Gasteiger partial charge in [-0.1, -0.05) is 6.07 Å². The third-order valence-electron chi connectivity index (χ3n) is 3.34. The molecule has 0 bridgehead atoms. The van der Waals surface area contributed by atoms with E-state index >= 15 is 0 Å². The Labute approximate surface area is 118 Å². The zero-order valence-corrected chi connectivity index (χ0v) is 11.5. The molecule has 1 unspecified atom stereocenters. The number of amides is 2. The van der Waals surface area contributed by atoms with E-state index in [-0.39, 0.29) is 24.2 Å². The topological polar surface area (TPSA) is 71.5 Å². The smallest absolute Gasteiger partial charge is 0.225 e. The number of likely N-dealkylation sites (tertiary alicyclic amines) is 1. The van der Waals surface area contributed by atoms with Crippen LogP contribution in [0.2, 0.25) is 0 Å². The van der Waals surface area contributed by atoms with E-state index in [1.807, 2.05) is 12.1 Å². The lowest BCUT2D eigenvalue weighted by atomic mass is 10.1. The largest absolute Gasteiger partial charge is 0.383 e. The molecule has 0 spiro atoms. The van der Waals surface area contributed by atoms with Gasteiger partial charge < -0.3 is 15.0 Å². The highest BCUT2D eigenvalue weighted by Crippen LogP contribution is 2.17. The van der Waals surface area contributed by atoms with Crippen molar-refractivity contribution in [2.24, 2.45) is 5.92 Å². The normalized spacial score (nSPS) is 18.4. The number of carbonyl (C=O) groups excluding carboxylic acids is 2. The summed E-state index contributed by atoms with van der Waals surface area (Å²) in [5.41, 5.74) is 0.946. The van der Waals surface area contributed by atoms with E-state index in [4.69, 9.17) is 4.74 Å². The second kappa shape index (κ2) is 7.00. The van der Waals surface area contributed by atoms with Gasteiger partial charge in [-0.05, 0) is 11.6 Å². The number of ether oxygens (including phenoxy) is 1. The molecule has 108 valence electrons. The van der Waals surface area contributed by atoms with Gasteiger partial charge in [0, 0.05) is 45.6 Å². The molecule has 6 heteroatoms. The first-order chi connectivity index (χ1) is 9.70. The van der Waals surface area contributed by atoms with E-state index in [0.29, 0.717) is 26.2 Å². The van der Waals surface area contributed by atoms with Crippen LogP contribution in [0.3, 0.4) is 0 Å². The first kappa shape index (κ1) is 14.5. The zero-order chi connectivity index (χ0) is 14.4. The van der Waals surface area contributed by atoms with Crippen LogP contribution < -0.4 is 5.32 Å². The summed E-state index contributed by atoms with van der Waals surface area (Å²) in [6.45, 7) is 1.95. The van der Waals surface area contributed by atoms with E-state index in [1.54, 1.807) is 24.4 Å². The molecule has 1 N–H and O–H groups in total. The van der Waals surface area contributed by atoms with Crippen LogP contribution in [0.5, 0.6) is 0 Å². The number of hydrogen-bond donors (Lipinski definition) is 1. The summed E-state index contributed by atoms with van der Waals surface area (Å²) >= 11 is 0. The van der Waals surface area contributed by atoms with Crippen LogP contribution in [-0.2, 0) is 20.9 Å². The zero-order valence-electron chi connectivity index (χ0n) is 11.5. The van der Waals surface area contributed by atoms with E-state index in [0.717, 1.165) is 5.56 Å². The number of hydrogen-bond acceptors (Lipinski definition) is 4. The van der Waals surface area contributed by atoms with E-state index in [1.165, 1.54) is 0 Å². The van der Waals surface area contributed by atoms with Crippen molar-refractivity contribution in [2.75, 3.05) is 26.8 Å². The summed E-state index contributed by atoms with van der Waals surface area (Å²) in [7, 11) is 1.60. The molecule has 20 heavy (non-hydrogen) atoms. The first-order valence-electron chi connectivity index (χ1n) is 6.64. The second-order valence-electron chi connectivity index (χ2n) is 4.81. The van der Waals surface area contributed by atoms with Crippen LogP contribution in [-0.4, -0.2) is 48.5 Å². The SMILES string of the molecule is COCCN1CC(C(=O)NCc2cccnc2)CC1=O. The number of rotatable bonds is 6. The van der Waals surface area contributed by atoms with Gasteiger partial charge in [0.05, 0.1) is 12.5 Å². The van der Waals surface area contributed by atoms with Crippen molar-refractivity contribution in [1.82, 2.24) is 15.2 Å². The minimum absolute atomic E-state index is 0.0172. The molecular weight excluding hydrogens is 258 g/mol. The maximum atomic E-state index is 12.0. The number of pyridine rings is 1. The van der Waals surface area contributed by atoms with Crippen molar-refractivity contribution in [3.05, 3.63) is 30.1 Å². The Morgan fingerprint density at radius 2 is 2.45 bits per heavy atom. The van der Waals surface area contributed by atoms with E-state index in [9.17, 15) is 9.59 Å². The monoisotopic (exact) mass is 277 g/mol. The minimum Gasteiger partial charge on any atom is -0.383 e. The van der Waals surface area contributed by atoms with Crippen molar-refractivity contribution in [3.8, 4) is 0 Å². The number of aromatic nitrogens is 1. The lowest BCUT2D eigenvalue weighted by molar-refractivity contribution is -0.129. The van der Waals surface area contributed by atoms with Crippen molar-refractivity contribution < 1.29 is 14.3 Å². The lowest BCUT2D eigenvalue weighted by Crippen LogP contribution is -2.33. The van der Waals surface area contributed by atoms with Crippen LogP contribution in [0.1, 0.15) is 12.0 Å². The van der Waals surface area contributed by atoms with Gasteiger partial charge in [-0.15, -0.1) is 0 Å². The van der Waals surface area contributed by atoms with Crippen molar-refractivity contribution in [2.45, 2.75) is 13.0 Å². The average Bonchev–Trinajstić information content (AvgIpc) is 2.85. The number of carbonyl (C=O) groups is 2. The van der Waals surface area contributed by atoms with E-state index < -0.39 is 0 Å². The highest BCUT2D eigenvalue weighted by atomic mass is 16.5. The van der Waals surface area contributed by atoms with Gasteiger partial charge in [-0.25, -0.2) is 0 Å². The summed E-state index contributed by atoms with van der Waals surface area (Å²) < 4.78 is 4.95. The van der Waals surface area contributed by atoms with Gasteiger partial charge in [-0.3, -0.25) is 14.6 Å². The van der Waals surface area contributed by atoms with Gasteiger partial charge >= 0.3 is 0 Å². The predicted octanol–water partition coefficient (Wildman–Crippen LogP) is 0.193. The third kappa shape index (κ3) is 3.77.